The minimum absolute atomic E-state index is 0.277. The van der Waals surface area contributed by atoms with Crippen LogP contribution in [0.1, 0.15) is 5.56 Å². The van der Waals surface area contributed by atoms with E-state index in [1.807, 2.05) is 6.07 Å². The van der Waals surface area contributed by atoms with Crippen LogP contribution in [0.2, 0.25) is 0 Å². The summed E-state index contributed by atoms with van der Waals surface area (Å²) >= 11 is 0. The van der Waals surface area contributed by atoms with Crippen LogP contribution in [0.5, 0.6) is 0 Å². The standard InChI is InChI=1S/C13H9FO2/c14-12-5-4-10-7-9(2-6-13(15)16)1-3-11(10)8-12/h1-8H,(H,15,16)/b6-2+. The molecule has 0 unspecified atom stereocenters. The molecule has 0 bridgehead atoms. The van der Waals surface area contributed by atoms with E-state index in [4.69, 9.17) is 5.11 Å². The van der Waals surface area contributed by atoms with Crippen LogP contribution in [0.4, 0.5) is 4.39 Å². The second-order valence-corrected chi connectivity index (χ2v) is 3.42. The lowest BCUT2D eigenvalue weighted by molar-refractivity contribution is -0.131. The lowest BCUT2D eigenvalue weighted by atomic mass is 10.1. The summed E-state index contributed by atoms with van der Waals surface area (Å²) in [5.41, 5.74) is 0.779. The Balaban J connectivity index is 2.44. The Morgan fingerprint density at radius 3 is 2.56 bits per heavy atom. The van der Waals surface area contributed by atoms with Crippen molar-refractivity contribution in [2.75, 3.05) is 0 Å². The predicted molar refractivity (Wildman–Crippen MR) is 60.6 cm³/mol. The molecule has 0 amide bonds. The van der Waals surface area contributed by atoms with Gasteiger partial charge in [-0.05, 0) is 40.6 Å². The highest BCUT2D eigenvalue weighted by molar-refractivity contribution is 5.88. The molecule has 2 aromatic carbocycles. The highest BCUT2D eigenvalue weighted by Crippen LogP contribution is 2.18. The summed E-state index contributed by atoms with van der Waals surface area (Å²) in [6.07, 6.45) is 2.58. The highest BCUT2D eigenvalue weighted by Gasteiger charge is 1.96. The summed E-state index contributed by atoms with van der Waals surface area (Å²) < 4.78 is 12.9. The van der Waals surface area contributed by atoms with E-state index >= 15 is 0 Å². The van der Waals surface area contributed by atoms with Gasteiger partial charge in [-0.3, -0.25) is 0 Å². The van der Waals surface area contributed by atoms with E-state index in [2.05, 4.69) is 0 Å². The normalized spacial score (nSPS) is 11.1. The molecule has 2 nitrogen and oxygen atoms in total. The van der Waals surface area contributed by atoms with Crippen molar-refractivity contribution in [1.82, 2.24) is 0 Å². The number of aliphatic carboxylic acids is 1. The van der Waals surface area contributed by atoms with Gasteiger partial charge in [-0.1, -0.05) is 18.2 Å². The van der Waals surface area contributed by atoms with Crippen molar-refractivity contribution >= 4 is 22.8 Å². The van der Waals surface area contributed by atoms with Gasteiger partial charge in [0.05, 0.1) is 0 Å². The lowest BCUT2D eigenvalue weighted by Crippen LogP contribution is -1.85. The fraction of sp³-hybridized carbons (Fsp3) is 0. The monoisotopic (exact) mass is 216 g/mol. The minimum atomic E-state index is -0.987. The smallest absolute Gasteiger partial charge is 0.328 e. The average Bonchev–Trinajstić information content (AvgIpc) is 2.26. The second kappa shape index (κ2) is 4.14. The third kappa shape index (κ3) is 2.25. The second-order valence-electron chi connectivity index (χ2n) is 3.42. The lowest BCUT2D eigenvalue weighted by Gasteiger charge is -1.99. The molecular weight excluding hydrogens is 207 g/mol. The molecule has 0 aliphatic heterocycles. The van der Waals surface area contributed by atoms with Crippen molar-refractivity contribution in [1.29, 1.82) is 0 Å². The molecule has 0 aromatic heterocycles. The van der Waals surface area contributed by atoms with Crippen LogP contribution >= 0.6 is 0 Å². The molecule has 0 radical (unpaired) electrons. The molecule has 16 heavy (non-hydrogen) atoms. The maximum absolute atomic E-state index is 12.9. The quantitative estimate of drug-likeness (QED) is 0.783. The molecule has 0 aliphatic rings. The fourth-order valence-electron chi connectivity index (χ4n) is 1.51. The van der Waals surface area contributed by atoms with Crippen LogP contribution in [0.3, 0.4) is 0 Å². The molecule has 0 spiro atoms. The van der Waals surface area contributed by atoms with Crippen LogP contribution in [-0.4, -0.2) is 11.1 Å². The predicted octanol–water partition coefficient (Wildman–Crippen LogP) is 3.08. The molecule has 2 rings (SSSR count). The zero-order valence-electron chi connectivity index (χ0n) is 8.35. The number of carboxylic acids is 1. The molecule has 2 aromatic rings. The molecule has 0 atom stereocenters. The molecular formula is C13H9FO2. The summed E-state index contributed by atoms with van der Waals surface area (Å²) in [4.78, 5) is 10.3. The minimum Gasteiger partial charge on any atom is -0.478 e. The number of carboxylic acid groups (broad SMARTS) is 1. The zero-order valence-corrected chi connectivity index (χ0v) is 8.35. The highest BCUT2D eigenvalue weighted by atomic mass is 19.1. The number of halogens is 1. The van der Waals surface area contributed by atoms with Crippen LogP contribution < -0.4 is 0 Å². The first-order valence-corrected chi connectivity index (χ1v) is 4.75. The molecule has 0 saturated carbocycles. The molecule has 0 aliphatic carbocycles. The largest absolute Gasteiger partial charge is 0.478 e. The molecule has 0 fully saturated rings. The number of hydrogen-bond acceptors (Lipinski definition) is 1. The van der Waals surface area contributed by atoms with Gasteiger partial charge in [0.2, 0.25) is 0 Å². The van der Waals surface area contributed by atoms with E-state index in [1.54, 1.807) is 18.2 Å². The first kappa shape index (κ1) is 10.4. The number of carbonyl (C=O) groups is 1. The third-order valence-electron chi connectivity index (χ3n) is 2.24. The van der Waals surface area contributed by atoms with Crippen molar-refractivity contribution in [2.24, 2.45) is 0 Å². The van der Waals surface area contributed by atoms with E-state index in [1.165, 1.54) is 18.2 Å². The Hall–Kier alpha value is -2.16. The number of fused-ring (bicyclic) bond motifs is 1. The molecule has 80 valence electrons. The van der Waals surface area contributed by atoms with Gasteiger partial charge >= 0.3 is 5.97 Å². The summed E-state index contributed by atoms with van der Waals surface area (Å²) in [6.45, 7) is 0. The summed E-state index contributed by atoms with van der Waals surface area (Å²) in [5.74, 6) is -1.26. The molecule has 3 heteroatoms. The maximum Gasteiger partial charge on any atom is 0.328 e. The third-order valence-corrected chi connectivity index (χ3v) is 2.24. The Morgan fingerprint density at radius 1 is 1.12 bits per heavy atom. The van der Waals surface area contributed by atoms with Gasteiger partial charge in [0.15, 0.2) is 0 Å². The number of hydrogen-bond donors (Lipinski definition) is 1. The van der Waals surface area contributed by atoms with Crippen LogP contribution in [-0.2, 0) is 4.79 Å². The van der Waals surface area contributed by atoms with E-state index in [0.29, 0.717) is 0 Å². The fourth-order valence-corrected chi connectivity index (χ4v) is 1.51. The van der Waals surface area contributed by atoms with Gasteiger partial charge < -0.3 is 5.11 Å². The van der Waals surface area contributed by atoms with Crippen molar-refractivity contribution in [2.45, 2.75) is 0 Å². The van der Waals surface area contributed by atoms with E-state index < -0.39 is 5.97 Å². The van der Waals surface area contributed by atoms with Gasteiger partial charge in [0.25, 0.3) is 0 Å². The number of benzene rings is 2. The summed E-state index contributed by atoms with van der Waals surface area (Å²) in [5, 5.41) is 10.2. The van der Waals surface area contributed by atoms with E-state index in [9.17, 15) is 9.18 Å². The van der Waals surface area contributed by atoms with Crippen LogP contribution in [0, 0.1) is 5.82 Å². The molecule has 1 N–H and O–H groups in total. The van der Waals surface area contributed by atoms with Gasteiger partial charge in [0, 0.05) is 6.08 Å². The van der Waals surface area contributed by atoms with Gasteiger partial charge in [-0.25, -0.2) is 9.18 Å². The molecule has 0 heterocycles. The van der Waals surface area contributed by atoms with Crippen LogP contribution in [0.15, 0.2) is 42.5 Å². The van der Waals surface area contributed by atoms with Crippen molar-refractivity contribution in [3.8, 4) is 0 Å². The van der Waals surface area contributed by atoms with Gasteiger partial charge in [-0.2, -0.15) is 0 Å². The molecule has 0 saturated heterocycles. The van der Waals surface area contributed by atoms with Gasteiger partial charge in [0.1, 0.15) is 5.82 Å². The maximum atomic E-state index is 12.9. The Bertz CT molecular complexity index is 573. The Morgan fingerprint density at radius 2 is 1.81 bits per heavy atom. The average molecular weight is 216 g/mol. The van der Waals surface area contributed by atoms with Gasteiger partial charge in [-0.15, -0.1) is 0 Å². The first-order valence-electron chi connectivity index (χ1n) is 4.75. The SMILES string of the molecule is O=C(O)/C=C/c1ccc2cc(F)ccc2c1. The van der Waals surface area contributed by atoms with Crippen molar-refractivity contribution in [3.05, 3.63) is 53.9 Å². The topological polar surface area (TPSA) is 37.3 Å². The summed E-state index contributed by atoms with van der Waals surface area (Å²) in [6, 6.07) is 9.82. The summed E-state index contributed by atoms with van der Waals surface area (Å²) in [7, 11) is 0. The van der Waals surface area contributed by atoms with Crippen molar-refractivity contribution in [3.63, 3.8) is 0 Å². The Kier molecular flexibility index (Phi) is 2.68. The number of rotatable bonds is 2. The zero-order chi connectivity index (χ0) is 11.5. The van der Waals surface area contributed by atoms with Crippen molar-refractivity contribution < 1.29 is 14.3 Å². The first-order chi connectivity index (χ1) is 7.65. The van der Waals surface area contributed by atoms with E-state index in [0.717, 1.165) is 22.4 Å². The van der Waals surface area contributed by atoms with E-state index in [-0.39, 0.29) is 5.82 Å². The Labute approximate surface area is 91.6 Å². The van der Waals surface area contributed by atoms with Crippen LogP contribution in [0.25, 0.3) is 16.8 Å².